The molecule has 0 bridgehead atoms. The fourth-order valence-corrected chi connectivity index (χ4v) is 4.31. The van der Waals surface area contributed by atoms with Crippen molar-refractivity contribution in [3.63, 3.8) is 0 Å². The smallest absolute Gasteiger partial charge is 0.258 e. The van der Waals surface area contributed by atoms with E-state index in [1.807, 2.05) is 32.0 Å². The van der Waals surface area contributed by atoms with Gasteiger partial charge in [0.25, 0.3) is 5.91 Å². The van der Waals surface area contributed by atoms with E-state index in [0.29, 0.717) is 28.6 Å². The Morgan fingerprint density at radius 3 is 2.44 bits per heavy atom. The van der Waals surface area contributed by atoms with Crippen LogP contribution in [0.1, 0.15) is 55.2 Å². The molecule has 1 heterocycles. The molecule has 2 aromatic carbocycles. The highest BCUT2D eigenvalue weighted by atomic mass is 35.5. The van der Waals surface area contributed by atoms with E-state index in [9.17, 15) is 4.79 Å². The summed E-state index contributed by atoms with van der Waals surface area (Å²) in [5.41, 5.74) is 4.74. The van der Waals surface area contributed by atoms with Crippen LogP contribution < -0.4 is 19.9 Å². The Morgan fingerprint density at radius 1 is 1.08 bits per heavy atom. The molecule has 0 unspecified atom stereocenters. The molecule has 0 radical (unpaired) electrons. The van der Waals surface area contributed by atoms with Gasteiger partial charge in [0.2, 0.25) is 5.95 Å². The number of methoxy groups -OCH3 is 1. The normalized spacial score (nSPS) is 10.8. The van der Waals surface area contributed by atoms with Gasteiger partial charge in [0.05, 0.1) is 30.4 Å². The molecule has 1 N–H and O–H groups in total. The van der Waals surface area contributed by atoms with Gasteiger partial charge in [-0.25, -0.2) is 9.97 Å². The standard InChI is InChI=1S/C28H36ClN5O2/c1-7-14-34(15-8-2)21-12-13-24(26(17-21)36-6)32-28-30-18-25(23(9-3)31-28)33(5)27(35)22-16-20(29)11-10-19(22)4/h10-13,16-18H,7-9,14-15H2,1-6H3,(H,30,31,32). The zero-order valence-electron chi connectivity index (χ0n) is 22.1. The molecule has 36 heavy (non-hydrogen) atoms. The highest BCUT2D eigenvalue weighted by Gasteiger charge is 2.20. The largest absolute Gasteiger partial charge is 0.494 e. The van der Waals surface area contributed by atoms with Gasteiger partial charge in [0.15, 0.2) is 0 Å². The van der Waals surface area contributed by atoms with Gasteiger partial charge in [-0.2, -0.15) is 0 Å². The Kier molecular flexibility index (Phi) is 9.53. The summed E-state index contributed by atoms with van der Waals surface area (Å²) in [6, 6.07) is 11.4. The van der Waals surface area contributed by atoms with Crippen molar-refractivity contribution in [3.8, 4) is 5.75 Å². The summed E-state index contributed by atoms with van der Waals surface area (Å²) in [5.74, 6) is 1.01. The first kappa shape index (κ1) is 27.3. The molecule has 0 aliphatic heterocycles. The molecule has 0 fully saturated rings. The molecule has 0 atom stereocenters. The summed E-state index contributed by atoms with van der Waals surface area (Å²) in [5, 5.41) is 3.81. The molecule has 0 spiro atoms. The van der Waals surface area contributed by atoms with Crippen molar-refractivity contribution < 1.29 is 9.53 Å². The number of carbonyl (C=O) groups is 1. The van der Waals surface area contributed by atoms with E-state index in [2.05, 4.69) is 35.1 Å². The highest BCUT2D eigenvalue weighted by Crippen LogP contribution is 2.32. The van der Waals surface area contributed by atoms with Gasteiger partial charge >= 0.3 is 0 Å². The lowest BCUT2D eigenvalue weighted by Crippen LogP contribution is -2.28. The summed E-state index contributed by atoms with van der Waals surface area (Å²) >= 11 is 6.13. The first-order chi connectivity index (χ1) is 17.3. The summed E-state index contributed by atoms with van der Waals surface area (Å²) in [6.07, 6.45) is 4.47. The summed E-state index contributed by atoms with van der Waals surface area (Å²) in [7, 11) is 3.39. The number of nitrogens with zero attached hydrogens (tertiary/aromatic N) is 4. The predicted octanol–water partition coefficient (Wildman–Crippen LogP) is 6.66. The van der Waals surface area contributed by atoms with Crippen LogP contribution in [-0.4, -0.2) is 43.1 Å². The minimum Gasteiger partial charge on any atom is -0.494 e. The molecule has 8 heteroatoms. The molecule has 0 aliphatic rings. The fraction of sp³-hybridized carbons (Fsp3) is 0.393. The van der Waals surface area contributed by atoms with Crippen LogP contribution in [0.3, 0.4) is 0 Å². The van der Waals surface area contributed by atoms with E-state index in [-0.39, 0.29) is 5.91 Å². The number of hydrogen-bond acceptors (Lipinski definition) is 6. The van der Waals surface area contributed by atoms with Gasteiger partial charge < -0.3 is 19.9 Å². The number of hydrogen-bond donors (Lipinski definition) is 1. The maximum atomic E-state index is 13.2. The highest BCUT2D eigenvalue weighted by molar-refractivity contribution is 6.31. The zero-order valence-corrected chi connectivity index (χ0v) is 22.8. The van der Waals surface area contributed by atoms with Crippen LogP contribution in [0.4, 0.5) is 23.0 Å². The van der Waals surface area contributed by atoms with Gasteiger partial charge in [0.1, 0.15) is 5.75 Å². The van der Waals surface area contributed by atoms with Gasteiger partial charge in [-0.1, -0.05) is 38.4 Å². The maximum Gasteiger partial charge on any atom is 0.258 e. The van der Waals surface area contributed by atoms with Crippen molar-refractivity contribution in [1.82, 2.24) is 9.97 Å². The van der Waals surface area contributed by atoms with Gasteiger partial charge in [0, 0.05) is 42.5 Å². The number of aryl methyl sites for hydroxylation is 2. The predicted molar refractivity (Wildman–Crippen MR) is 149 cm³/mol. The molecule has 0 saturated carbocycles. The minimum absolute atomic E-state index is 0.157. The number of carbonyl (C=O) groups excluding carboxylic acids is 1. The van der Waals surface area contributed by atoms with Crippen molar-refractivity contribution in [2.75, 3.05) is 42.4 Å². The Hall–Kier alpha value is -3.32. The molecule has 3 rings (SSSR count). The van der Waals surface area contributed by atoms with E-state index in [0.717, 1.165) is 54.3 Å². The monoisotopic (exact) mass is 509 g/mol. The molecule has 1 aromatic heterocycles. The Bertz CT molecular complexity index is 1190. The van der Waals surface area contributed by atoms with Crippen molar-refractivity contribution >= 4 is 40.5 Å². The Balaban J connectivity index is 1.86. The average molecular weight is 510 g/mol. The van der Waals surface area contributed by atoms with Crippen LogP contribution in [-0.2, 0) is 6.42 Å². The fourth-order valence-electron chi connectivity index (χ4n) is 4.14. The van der Waals surface area contributed by atoms with Crippen molar-refractivity contribution in [2.45, 2.75) is 47.0 Å². The molecule has 3 aromatic rings. The third-order valence-corrected chi connectivity index (χ3v) is 6.30. The lowest BCUT2D eigenvalue weighted by atomic mass is 10.1. The first-order valence-corrected chi connectivity index (χ1v) is 12.8. The number of benzene rings is 2. The molecule has 7 nitrogen and oxygen atoms in total. The van der Waals surface area contributed by atoms with E-state index < -0.39 is 0 Å². The zero-order chi connectivity index (χ0) is 26.2. The SMILES string of the molecule is CCCN(CCC)c1ccc(Nc2ncc(N(C)C(=O)c3cc(Cl)ccc3C)c(CC)n2)c(OC)c1. The van der Waals surface area contributed by atoms with E-state index in [1.165, 1.54) is 0 Å². The first-order valence-electron chi connectivity index (χ1n) is 12.4. The quantitative estimate of drug-likeness (QED) is 0.312. The number of ether oxygens (including phenoxy) is 1. The third kappa shape index (κ3) is 6.26. The molecule has 0 aliphatic carbocycles. The Morgan fingerprint density at radius 2 is 1.81 bits per heavy atom. The number of rotatable bonds is 11. The van der Waals surface area contributed by atoms with Crippen molar-refractivity contribution in [3.05, 3.63) is 64.4 Å². The number of nitrogens with one attached hydrogen (secondary N) is 1. The van der Waals surface area contributed by atoms with Gasteiger partial charge in [-0.3, -0.25) is 4.79 Å². The number of aromatic nitrogens is 2. The lowest BCUT2D eigenvalue weighted by molar-refractivity contribution is 0.0992. The third-order valence-electron chi connectivity index (χ3n) is 6.06. The van der Waals surface area contributed by atoms with Crippen molar-refractivity contribution in [2.24, 2.45) is 0 Å². The number of anilines is 4. The lowest BCUT2D eigenvalue weighted by Gasteiger charge is -2.25. The van der Waals surface area contributed by atoms with Crippen LogP contribution >= 0.6 is 11.6 Å². The molecule has 0 saturated heterocycles. The maximum absolute atomic E-state index is 13.2. The molecular weight excluding hydrogens is 474 g/mol. The molecular formula is C28H36ClN5O2. The second-order valence-electron chi connectivity index (χ2n) is 8.70. The van der Waals surface area contributed by atoms with Crippen LogP contribution in [0.5, 0.6) is 5.75 Å². The minimum atomic E-state index is -0.157. The Labute approximate surface area is 219 Å². The van der Waals surface area contributed by atoms with Crippen LogP contribution in [0.25, 0.3) is 0 Å². The summed E-state index contributed by atoms with van der Waals surface area (Å²) in [6.45, 7) is 10.3. The second kappa shape index (κ2) is 12.6. The van der Waals surface area contributed by atoms with E-state index >= 15 is 0 Å². The molecule has 1 amide bonds. The molecule has 192 valence electrons. The van der Waals surface area contributed by atoms with E-state index in [4.69, 9.17) is 21.3 Å². The summed E-state index contributed by atoms with van der Waals surface area (Å²) < 4.78 is 5.68. The van der Waals surface area contributed by atoms with Crippen molar-refractivity contribution in [1.29, 1.82) is 0 Å². The van der Waals surface area contributed by atoms with Crippen LogP contribution in [0.2, 0.25) is 5.02 Å². The van der Waals surface area contributed by atoms with E-state index in [1.54, 1.807) is 37.4 Å². The van der Waals surface area contributed by atoms with Gasteiger partial charge in [-0.15, -0.1) is 0 Å². The van der Waals surface area contributed by atoms with Crippen LogP contribution in [0, 0.1) is 6.92 Å². The number of amides is 1. The number of halogens is 1. The average Bonchev–Trinajstić information content (AvgIpc) is 2.89. The second-order valence-corrected chi connectivity index (χ2v) is 9.14. The topological polar surface area (TPSA) is 70.6 Å². The summed E-state index contributed by atoms with van der Waals surface area (Å²) in [4.78, 5) is 26.4. The van der Waals surface area contributed by atoms with Crippen LogP contribution in [0.15, 0.2) is 42.6 Å². The van der Waals surface area contributed by atoms with Gasteiger partial charge in [-0.05, 0) is 56.0 Å².